The summed E-state index contributed by atoms with van der Waals surface area (Å²) in [6.45, 7) is 7.06. The molecule has 0 unspecified atom stereocenters. The lowest BCUT2D eigenvalue weighted by Crippen LogP contribution is -2.50. The van der Waals surface area contributed by atoms with Gasteiger partial charge in [-0.3, -0.25) is 9.59 Å². The van der Waals surface area contributed by atoms with E-state index in [-0.39, 0.29) is 17.6 Å². The number of hydrogen-bond acceptors (Lipinski definition) is 3. The fraction of sp³-hybridized carbons (Fsp3) is 0.391. The number of nitrogens with zero attached hydrogens (tertiary/aromatic N) is 1. The van der Waals surface area contributed by atoms with Crippen LogP contribution < -0.4 is 5.32 Å². The first kappa shape index (κ1) is 23.3. The van der Waals surface area contributed by atoms with Gasteiger partial charge >= 0.3 is 0 Å². The standard InChI is InChI=1S/C23H29ClN2O2S/c1-4-21(23(28)25-14-17(2)3)26(15-18-8-6-5-7-9-18)22(27)16-29-20-12-10-19(24)11-13-20/h5-13,17,21H,4,14-16H2,1-3H3,(H,25,28)/t21-/m1/s1. The van der Waals surface area contributed by atoms with Crippen molar-refractivity contribution in [2.45, 2.75) is 44.7 Å². The maximum absolute atomic E-state index is 13.1. The van der Waals surface area contributed by atoms with Crippen LogP contribution in [-0.4, -0.2) is 35.1 Å². The summed E-state index contributed by atoms with van der Waals surface area (Å²) in [7, 11) is 0. The van der Waals surface area contributed by atoms with Gasteiger partial charge in [-0.25, -0.2) is 0 Å². The SMILES string of the molecule is CC[C@H](C(=O)NCC(C)C)N(Cc1ccccc1)C(=O)CSc1ccc(Cl)cc1. The van der Waals surface area contributed by atoms with Crippen LogP contribution in [0.5, 0.6) is 0 Å². The van der Waals surface area contributed by atoms with Crippen LogP contribution in [0.2, 0.25) is 5.02 Å². The summed E-state index contributed by atoms with van der Waals surface area (Å²) in [4.78, 5) is 28.6. The fourth-order valence-electron chi connectivity index (χ4n) is 2.88. The number of carbonyl (C=O) groups is 2. The van der Waals surface area contributed by atoms with Crippen LogP contribution in [0.15, 0.2) is 59.5 Å². The van der Waals surface area contributed by atoms with Crippen molar-refractivity contribution in [3.63, 3.8) is 0 Å². The van der Waals surface area contributed by atoms with Gasteiger partial charge in [0.2, 0.25) is 11.8 Å². The summed E-state index contributed by atoms with van der Waals surface area (Å²) in [6, 6.07) is 16.7. The van der Waals surface area contributed by atoms with Crippen molar-refractivity contribution in [3.8, 4) is 0 Å². The molecule has 1 atom stereocenters. The Morgan fingerprint density at radius 2 is 1.72 bits per heavy atom. The van der Waals surface area contributed by atoms with E-state index in [0.717, 1.165) is 10.5 Å². The smallest absolute Gasteiger partial charge is 0.242 e. The maximum Gasteiger partial charge on any atom is 0.242 e. The lowest BCUT2D eigenvalue weighted by atomic mass is 10.1. The molecule has 2 aromatic carbocycles. The van der Waals surface area contributed by atoms with E-state index in [4.69, 9.17) is 11.6 Å². The van der Waals surface area contributed by atoms with Gasteiger partial charge in [0, 0.05) is 23.0 Å². The number of thioether (sulfide) groups is 1. The first-order valence-corrected chi connectivity index (χ1v) is 11.3. The number of halogens is 1. The van der Waals surface area contributed by atoms with Crippen LogP contribution >= 0.6 is 23.4 Å². The Bertz CT molecular complexity index is 781. The van der Waals surface area contributed by atoms with E-state index in [2.05, 4.69) is 19.2 Å². The fourth-order valence-corrected chi connectivity index (χ4v) is 3.79. The third-order valence-electron chi connectivity index (χ3n) is 4.44. The predicted octanol–water partition coefficient (Wildman–Crippen LogP) is 5.01. The zero-order valence-electron chi connectivity index (χ0n) is 17.2. The predicted molar refractivity (Wildman–Crippen MR) is 121 cm³/mol. The largest absolute Gasteiger partial charge is 0.354 e. The molecule has 0 fully saturated rings. The first-order valence-electron chi connectivity index (χ1n) is 9.90. The molecule has 0 heterocycles. The Kier molecular flexibility index (Phi) is 9.55. The molecule has 156 valence electrons. The van der Waals surface area contributed by atoms with Gasteiger partial charge in [0.1, 0.15) is 6.04 Å². The second kappa shape index (κ2) is 11.9. The highest BCUT2D eigenvalue weighted by Gasteiger charge is 2.28. The van der Waals surface area contributed by atoms with Crippen molar-refractivity contribution in [3.05, 3.63) is 65.2 Å². The van der Waals surface area contributed by atoms with Crippen LogP contribution in [-0.2, 0) is 16.1 Å². The van der Waals surface area contributed by atoms with Crippen molar-refractivity contribution in [1.29, 1.82) is 0 Å². The van der Waals surface area contributed by atoms with Crippen molar-refractivity contribution in [2.75, 3.05) is 12.3 Å². The van der Waals surface area contributed by atoms with Crippen LogP contribution in [0, 0.1) is 5.92 Å². The Balaban J connectivity index is 2.14. The first-order chi connectivity index (χ1) is 13.9. The minimum atomic E-state index is -0.493. The second-order valence-electron chi connectivity index (χ2n) is 7.31. The molecule has 0 saturated heterocycles. The summed E-state index contributed by atoms with van der Waals surface area (Å²) >= 11 is 7.39. The average Bonchev–Trinajstić information content (AvgIpc) is 2.72. The molecule has 0 bridgehead atoms. The van der Waals surface area contributed by atoms with E-state index < -0.39 is 6.04 Å². The Hall–Kier alpha value is -1.98. The topological polar surface area (TPSA) is 49.4 Å². The van der Waals surface area contributed by atoms with E-state index in [9.17, 15) is 9.59 Å². The third-order valence-corrected chi connectivity index (χ3v) is 5.69. The zero-order valence-corrected chi connectivity index (χ0v) is 18.8. The zero-order chi connectivity index (χ0) is 21.2. The Labute approximate surface area is 183 Å². The highest BCUT2D eigenvalue weighted by Crippen LogP contribution is 2.22. The number of rotatable bonds is 10. The molecule has 6 heteroatoms. The number of hydrogen-bond donors (Lipinski definition) is 1. The van der Waals surface area contributed by atoms with E-state index in [1.54, 1.807) is 4.90 Å². The second-order valence-corrected chi connectivity index (χ2v) is 8.80. The third kappa shape index (κ3) is 7.75. The molecule has 0 aliphatic heterocycles. The van der Waals surface area contributed by atoms with Gasteiger partial charge in [0.25, 0.3) is 0 Å². The lowest BCUT2D eigenvalue weighted by Gasteiger charge is -2.31. The van der Waals surface area contributed by atoms with Crippen LogP contribution in [0.3, 0.4) is 0 Å². The highest BCUT2D eigenvalue weighted by molar-refractivity contribution is 8.00. The minimum absolute atomic E-state index is 0.0552. The van der Waals surface area contributed by atoms with Crippen molar-refractivity contribution >= 4 is 35.2 Å². The van der Waals surface area contributed by atoms with Crippen molar-refractivity contribution < 1.29 is 9.59 Å². The molecule has 2 rings (SSSR count). The van der Waals surface area contributed by atoms with Gasteiger partial charge in [-0.15, -0.1) is 11.8 Å². The summed E-state index contributed by atoms with van der Waals surface area (Å²) in [5.74, 6) is 0.472. The summed E-state index contributed by atoms with van der Waals surface area (Å²) in [5.41, 5.74) is 1.01. The molecular formula is C23H29ClN2O2S. The molecule has 0 aliphatic rings. The number of benzene rings is 2. The van der Waals surface area contributed by atoms with Gasteiger partial charge in [-0.2, -0.15) is 0 Å². The Morgan fingerprint density at radius 3 is 2.31 bits per heavy atom. The van der Waals surface area contributed by atoms with Gasteiger partial charge in [0.15, 0.2) is 0 Å². The maximum atomic E-state index is 13.1. The normalized spacial score (nSPS) is 11.9. The molecular weight excluding hydrogens is 404 g/mol. The van der Waals surface area contributed by atoms with E-state index in [0.29, 0.717) is 30.5 Å². The Morgan fingerprint density at radius 1 is 1.07 bits per heavy atom. The molecule has 0 saturated carbocycles. The molecule has 0 aromatic heterocycles. The van der Waals surface area contributed by atoms with Gasteiger partial charge in [-0.05, 0) is 42.2 Å². The van der Waals surface area contributed by atoms with Gasteiger partial charge in [0.05, 0.1) is 5.75 Å². The summed E-state index contributed by atoms with van der Waals surface area (Å²) in [5, 5.41) is 3.65. The number of nitrogens with one attached hydrogen (secondary N) is 1. The lowest BCUT2D eigenvalue weighted by molar-refractivity contribution is -0.139. The highest BCUT2D eigenvalue weighted by atomic mass is 35.5. The van der Waals surface area contributed by atoms with Crippen molar-refractivity contribution in [1.82, 2.24) is 10.2 Å². The molecule has 0 spiro atoms. The van der Waals surface area contributed by atoms with Gasteiger partial charge in [-0.1, -0.05) is 62.7 Å². The van der Waals surface area contributed by atoms with E-state index in [1.165, 1.54) is 11.8 Å². The summed E-state index contributed by atoms with van der Waals surface area (Å²) in [6.07, 6.45) is 0.564. The molecule has 29 heavy (non-hydrogen) atoms. The van der Waals surface area contributed by atoms with Gasteiger partial charge < -0.3 is 10.2 Å². The number of carbonyl (C=O) groups excluding carboxylic acids is 2. The summed E-state index contributed by atoms with van der Waals surface area (Å²) < 4.78 is 0. The van der Waals surface area contributed by atoms with E-state index >= 15 is 0 Å². The minimum Gasteiger partial charge on any atom is -0.354 e. The van der Waals surface area contributed by atoms with Crippen LogP contribution in [0.25, 0.3) is 0 Å². The molecule has 2 aromatic rings. The molecule has 0 aliphatic carbocycles. The quantitative estimate of drug-likeness (QED) is 0.537. The van der Waals surface area contributed by atoms with Crippen LogP contribution in [0.4, 0.5) is 0 Å². The van der Waals surface area contributed by atoms with E-state index in [1.807, 2.05) is 61.5 Å². The molecule has 4 nitrogen and oxygen atoms in total. The molecule has 2 amide bonds. The van der Waals surface area contributed by atoms with Crippen molar-refractivity contribution in [2.24, 2.45) is 5.92 Å². The van der Waals surface area contributed by atoms with Crippen LogP contribution in [0.1, 0.15) is 32.8 Å². The number of amides is 2. The molecule has 0 radical (unpaired) electrons. The molecule has 1 N–H and O–H groups in total. The monoisotopic (exact) mass is 432 g/mol. The average molecular weight is 433 g/mol.